The van der Waals surface area contributed by atoms with Crippen molar-refractivity contribution in [2.75, 3.05) is 13.1 Å². The topological polar surface area (TPSA) is 29.3 Å². The van der Waals surface area contributed by atoms with Gasteiger partial charge >= 0.3 is 0 Å². The lowest BCUT2D eigenvalue weighted by Crippen LogP contribution is -2.42. The van der Waals surface area contributed by atoms with Crippen molar-refractivity contribution in [1.82, 2.24) is 4.90 Å². The Morgan fingerprint density at radius 1 is 1.50 bits per heavy atom. The first kappa shape index (κ1) is 11.9. The van der Waals surface area contributed by atoms with E-state index in [1.54, 1.807) is 0 Å². The van der Waals surface area contributed by atoms with Gasteiger partial charge in [-0.25, -0.2) is 0 Å². The van der Waals surface area contributed by atoms with Gasteiger partial charge in [-0.3, -0.25) is 4.90 Å². The number of hydrogen-bond acceptors (Lipinski definition) is 2. The molecule has 1 saturated heterocycles. The summed E-state index contributed by atoms with van der Waals surface area (Å²) in [6.45, 7) is 5.11. The summed E-state index contributed by atoms with van der Waals surface area (Å²) in [5.41, 5.74) is 8.39. The molecule has 0 aliphatic carbocycles. The van der Waals surface area contributed by atoms with Gasteiger partial charge in [-0.05, 0) is 43.5 Å². The lowest BCUT2D eigenvalue weighted by atomic mass is 10.1. The average molecular weight is 239 g/mol. The first-order valence-corrected chi connectivity index (χ1v) is 6.26. The minimum atomic E-state index is 0.331. The summed E-state index contributed by atoms with van der Waals surface area (Å²) < 4.78 is 0. The smallest absolute Gasteiger partial charge is 0.0453 e. The lowest BCUT2D eigenvalue weighted by Gasteiger charge is -2.30. The van der Waals surface area contributed by atoms with E-state index in [1.807, 2.05) is 6.07 Å². The monoisotopic (exact) mass is 238 g/mol. The van der Waals surface area contributed by atoms with E-state index in [9.17, 15) is 0 Å². The molecule has 1 aromatic rings. The van der Waals surface area contributed by atoms with E-state index < -0.39 is 0 Å². The summed E-state index contributed by atoms with van der Waals surface area (Å²) in [6, 6.07) is 6.60. The van der Waals surface area contributed by atoms with Crippen LogP contribution in [-0.2, 0) is 6.54 Å². The summed E-state index contributed by atoms with van der Waals surface area (Å²) in [6.07, 6.45) is 2.35. The SMILES string of the molecule is Cc1ccc(CN2CCC[C@H](N)C2)c(Cl)c1. The second-order valence-electron chi connectivity index (χ2n) is 4.73. The van der Waals surface area contributed by atoms with Gasteiger partial charge in [-0.15, -0.1) is 0 Å². The third-order valence-corrected chi connectivity index (χ3v) is 3.50. The van der Waals surface area contributed by atoms with Crippen LogP contribution in [0.1, 0.15) is 24.0 Å². The maximum Gasteiger partial charge on any atom is 0.0453 e. The molecule has 0 unspecified atom stereocenters. The zero-order chi connectivity index (χ0) is 11.5. The molecule has 0 radical (unpaired) electrons. The van der Waals surface area contributed by atoms with Gasteiger partial charge < -0.3 is 5.73 Å². The first-order valence-electron chi connectivity index (χ1n) is 5.88. The number of piperidine rings is 1. The maximum atomic E-state index is 6.23. The highest BCUT2D eigenvalue weighted by atomic mass is 35.5. The van der Waals surface area contributed by atoms with Crippen LogP contribution in [0.2, 0.25) is 5.02 Å². The van der Waals surface area contributed by atoms with Gasteiger partial charge in [0.05, 0.1) is 0 Å². The quantitative estimate of drug-likeness (QED) is 0.858. The molecule has 1 heterocycles. The normalized spacial score (nSPS) is 22.3. The standard InChI is InChI=1S/C13H19ClN2/c1-10-4-5-11(13(14)7-10)8-16-6-2-3-12(15)9-16/h4-5,7,12H,2-3,6,8-9,15H2,1H3/t12-/m0/s1. The molecule has 0 saturated carbocycles. The van der Waals surface area contributed by atoms with Crippen LogP contribution in [0, 0.1) is 6.92 Å². The lowest BCUT2D eigenvalue weighted by molar-refractivity contribution is 0.201. The minimum absolute atomic E-state index is 0.331. The Bertz CT molecular complexity index is 365. The number of hydrogen-bond donors (Lipinski definition) is 1. The maximum absolute atomic E-state index is 6.23. The van der Waals surface area contributed by atoms with Gasteiger partial charge in [0, 0.05) is 24.2 Å². The van der Waals surface area contributed by atoms with Gasteiger partial charge in [0.1, 0.15) is 0 Å². The van der Waals surface area contributed by atoms with Gasteiger partial charge in [0.2, 0.25) is 0 Å². The van der Waals surface area contributed by atoms with Crippen molar-refractivity contribution in [3.05, 3.63) is 34.3 Å². The van der Waals surface area contributed by atoms with Crippen LogP contribution in [0.5, 0.6) is 0 Å². The third kappa shape index (κ3) is 2.97. The fourth-order valence-electron chi connectivity index (χ4n) is 2.26. The summed E-state index contributed by atoms with van der Waals surface area (Å²) in [5.74, 6) is 0. The zero-order valence-corrected chi connectivity index (χ0v) is 10.5. The summed E-state index contributed by atoms with van der Waals surface area (Å²) in [5, 5.41) is 0.874. The van der Waals surface area contributed by atoms with Crippen LogP contribution < -0.4 is 5.73 Å². The van der Waals surface area contributed by atoms with Crippen LogP contribution in [-0.4, -0.2) is 24.0 Å². The van der Waals surface area contributed by atoms with Crippen molar-refractivity contribution in [3.63, 3.8) is 0 Å². The van der Waals surface area contributed by atoms with Crippen molar-refractivity contribution < 1.29 is 0 Å². The zero-order valence-electron chi connectivity index (χ0n) is 9.75. The second kappa shape index (κ2) is 5.17. The number of halogens is 1. The Hall–Kier alpha value is -0.570. The fourth-order valence-corrected chi connectivity index (χ4v) is 2.55. The molecule has 2 N–H and O–H groups in total. The molecular formula is C13H19ClN2. The van der Waals surface area contributed by atoms with Crippen molar-refractivity contribution >= 4 is 11.6 Å². The molecule has 1 atom stereocenters. The molecular weight excluding hydrogens is 220 g/mol. The Labute approximate surface area is 102 Å². The highest BCUT2D eigenvalue weighted by Gasteiger charge is 2.17. The number of nitrogens with two attached hydrogens (primary N) is 1. The minimum Gasteiger partial charge on any atom is -0.327 e. The molecule has 1 fully saturated rings. The van der Waals surface area contributed by atoms with E-state index in [2.05, 4.69) is 24.0 Å². The van der Waals surface area contributed by atoms with Crippen LogP contribution >= 0.6 is 11.6 Å². The van der Waals surface area contributed by atoms with E-state index in [0.717, 1.165) is 31.1 Å². The van der Waals surface area contributed by atoms with Gasteiger partial charge in [0.15, 0.2) is 0 Å². The van der Waals surface area contributed by atoms with E-state index in [4.69, 9.17) is 17.3 Å². The molecule has 0 spiro atoms. The Morgan fingerprint density at radius 2 is 2.31 bits per heavy atom. The second-order valence-corrected chi connectivity index (χ2v) is 5.14. The molecule has 3 heteroatoms. The van der Waals surface area contributed by atoms with Crippen molar-refractivity contribution in [1.29, 1.82) is 0 Å². The van der Waals surface area contributed by atoms with Crippen molar-refractivity contribution in [2.45, 2.75) is 32.4 Å². The van der Waals surface area contributed by atoms with Crippen LogP contribution in [0.3, 0.4) is 0 Å². The Balaban J connectivity index is 2.02. The van der Waals surface area contributed by atoms with Crippen LogP contribution in [0.4, 0.5) is 0 Å². The summed E-state index contributed by atoms with van der Waals surface area (Å²) >= 11 is 6.23. The fraction of sp³-hybridized carbons (Fsp3) is 0.538. The summed E-state index contributed by atoms with van der Waals surface area (Å²) in [4.78, 5) is 2.39. The molecule has 88 valence electrons. The molecule has 1 aliphatic rings. The van der Waals surface area contributed by atoms with E-state index >= 15 is 0 Å². The van der Waals surface area contributed by atoms with Crippen LogP contribution in [0.25, 0.3) is 0 Å². The highest BCUT2D eigenvalue weighted by Crippen LogP contribution is 2.20. The number of benzene rings is 1. The van der Waals surface area contributed by atoms with E-state index in [-0.39, 0.29) is 0 Å². The predicted molar refractivity (Wildman–Crippen MR) is 68.7 cm³/mol. The Kier molecular flexibility index (Phi) is 3.85. The first-order chi connectivity index (χ1) is 7.65. The van der Waals surface area contributed by atoms with E-state index in [0.29, 0.717) is 6.04 Å². The summed E-state index contributed by atoms with van der Waals surface area (Å²) in [7, 11) is 0. The molecule has 0 amide bonds. The van der Waals surface area contributed by atoms with E-state index in [1.165, 1.54) is 17.5 Å². The largest absolute Gasteiger partial charge is 0.327 e. The molecule has 16 heavy (non-hydrogen) atoms. The van der Waals surface area contributed by atoms with Gasteiger partial charge in [0.25, 0.3) is 0 Å². The number of likely N-dealkylation sites (tertiary alicyclic amines) is 1. The van der Waals surface area contributed by atoms with Crippen molar-refractivity contribution in [3.8, 4) is 0 Å². The molecule has 1 aliphatic heterocycles. The number of nitrogens with zero attached hydrogens (tertiary/aromatic N) is 1. The molecule has 2 nitrogen and oxygen atoms in total. The third-order valence-electron chi connectivity index (χ3n) is 3.14. The number of rotatable bonds is 2. The molecule has 1 aromatic carbocycles. The Morgan fingerprint density at radius 3 is 3.00 bits per heavy atom. The van der Waals surface area contributed by atoms with Gasteiger partial charge in [-0.2, -0.15) is 0 Å². The van der Waals surface area contributed by atoms with Gasteiger partial charge in [-0.1, -0.05) is 23.7 Å². The highest BCUT2D eigenvalue weighted by molar-refractivity contribution is 6.31. The van der Waals surface area contributed by atoms with Crippen LogP contribution in [0.15, 0.2) is 18.2 Å². The molecule has 2 rings (SSSR count). The number of aryl methyl sites for hydroxylation is 1. The van der Waals surface area contributed by atoms with Crippen molar-refractivity contribution in [2.24, 2.45) is 5.73 Å². The predicted octanol–water partition coefficient (Wildman–Crippen LogP) is 2.57. The molecule has 0 bridgehead atoms. The molecule has 0 aromatic heterocycles. The average Bonchev–Trinajstić information content (AvgIpc) is 2.22.